The standard InChI is InChI=1S/C18H20N2O3/c1-22-15-10-9-11-5-4-7-12(11)16(15)19-18(21)17-13-6-2-3-8-14(13)23-20-17/h9-10H,2-8H2,1H3,(H,19,21). The minimum Gasteiger partial charge on any atom is -0.495 e. The molecule has 5 nitrogen and oxygen atoms in total. The van der Waals surface area contributed by atoms with Gasteiger partial charge in [-0.1, -0.05) is 11.2 Å². The molecule has 120 valence electrons. The molecule has 1 N–H and O–H groups in total. The van der Waals surface area contributed by atoms with Crippen molar-refractivity contribution < 1.29 is 14.1 Å². The maximum atomic E-state index is 12.7. The fraction of sp³-hybridized carbons (Fsp3) is 0.444. The Labute approximate surface area is 135 Å². The Balaban J connectivity index is 1.67. The fourth-order valence-electron chi connectivity index (χ4n) is 3.69. The zero-order valence-electron chi connectivity index (χ0n) is 13.3. The lowest BCUT2D eigenvalue weighted by Gasteiger charge is -2.15. The van der Waals surface area contributed by atoms with Crippen LogP contribution in [0.4, 0.5) is 5.69 Å². The molecule has 1 amide bonds. The summed E-state index contributed by atoms with van der Waals surface area (Å²) >= 11 is 0. The molecule has 0 radical (unpaired) electrons. The topological polar surface area (TPSA) is 64.4 Å². The maximum absolute atomic E-state index is 12.7. The van der Waals surface area contributed by atoms with Gasteiger partial charge in [-0.05, 0) is 55.7 Å². The number of ether oxygens (including phenoxy) is 1. The van der Waals surface area contributed by atoms with E-state index >= 15 is 0 Å². The molecule has 23 heavy (non-hydrogen) atoms. The summed E-state index contributed by atoms with van der Waals surface area (Å²) in [4.78, 5) is 12.7. The third-order valence-electron chi connectivity index (χ3n) is 4.87. The van der Waals surface area contributed by atoms with Gasteiger partial charge in [-0.3, -0.25) is 4.79 Å². The number of carbonyl (C=O) groups is 1. The summed E-state index contributed by atoms with van der Waals surface area (Å²) in [6.07, 6.45) is 7.07. The van der Waals surface area contributed by atoms with Crippen LogP contribution in [0.25, 0.3) is 0 Å². The van der Waals surface area contributed by atoms with Crippen molar-refractivity contribution in [3.8, 4) is 5.75 Å². The van der Waals surface area contributed by atoms with E-state index in [0.717, 1.165) is 62.0 Å². The van der Waals surface area contributed by atoms with E-state index in [2.05, 4.69) is 16.5 Å². The lowest BCUT2D eigenvalue weighted by molar-refractivity contribution is 0.101. The van der Waals surface area contributed by atoms with E-state index < -0.39 is 0 Å². The molecule has 1 heterocycles. The maximum Gasteiger partial charge on any atom is 0.278 e. The SMILES string of the molecule is COc1ccc2c(c1NC(=O)c1noc3c1CCCC3)CCC2. The van der Waals surface area contributed by atoms with Gasteiger partial charge < -0.3 is 14.6 Å². The molecule has 0 aliphatic heterocycles. The summed E-state index contributed by atoms with van der Waals surface area (Å²) < 4.78 is 10.8. The van der Waals surface area contributed by atoms with Crippen molar-refractivity contribution in [1.29, 1.82) is 0 Å². The van der Waals surface area contributed by atoms with Crippen LogP contribution in [0.15, 0.2) is 16.7 Å². The Hall–Kier alpha value is -2.30. The number of nitrogens with one attached hydrogen (secondary N) is 1. The number of methoxy groups -OCH3 is 1. The number of amides is 1. The van der Waals surface area contributed by atoms with Gasteiger partial charge >= 0.3 is 0 Å². The van der Waals surface area contributed by atoms with Gasteiger partial charge in [-0.2, -0.15) is 0 Å². The first-order valence-corrected chi connectivity index (χ1v) is 8.25. The molecule has 0 atom stereocenters. The molecule has 0 spiro atoms. The number of carbonyl (C=O) groups excluding carboxylic acids is 1. The van der Waals surface area contributed by atoms with Crippen molar-refractivity contribution in [2.75, 3.05) is 12.4 Å². The van der Waals surface area contributed by atoms with E-state index in [1.165, 1.54) is 11.1 Å². The molecule has 0 saturated carbocycles. The minimum atomic E-state index is -0.199. The number of aryl methyl sites for hydroxylation is 2. The molecule has 1 aromatic heterocycles. The van der Waals surface area contributed by atoms with Gasteiger partial charge in [0.2, 0.25) is 0 Å². The predicted molar refractivity (Wildman–Crippen MR) is 86.1 cm³/mol. The van der Waals surface area contributed by atoms with Crippen molar-refractivity contribution >= 4 is 11.6 Å². The molecule has 5 heteroatoms. The Morgan fingerprint density at radius 3 is 2.83 bits per heavy atom. The zero-order valence-corrected chi connectivity index (χ0v) is 13.3. The Kier molecular flexibility index (Phi) is 3.56. The fourth-order valence-corrected chi connectivity index (χ4v) is 3.69. The number of anilines is 1. The van der Waals surface area contributed by atoms with E-state index in [1.54, 1.807) is 7.11 Å². The van der Waals surface area contributed by atoms with Gasteiger partial charge in [0.15, 0.2) is 5.69 Å². The van der Waals surface area contributed by atoms with E-state index in [1.807, 2.05) is 6.07 Å². The number of hydrogen-bond donors (Lipinski definition) is 1. The van der Waals surface area contributed by atoms with Crippen molar-refractivity contribution in [3.63, 3.8) is 0 Å². The molecular formula is C18H20N2O3. The average molecular weight is 312 g/mol. The molecule has 1 aromatic carbocycles. The summed E-state index contributed by atoms with van der Waals surface area (Å²) in [5.74, 6) is 1.37. The van der Waals surface area contributed by atoms with Gasteiger partial charge in [0.25, 0.3) is 5.91 Å². The van der Waals surface area contributed by atoms with Crippen LogP contribution < -0.4 is 10.1 Å². The number of fused-ring (bicyclic) bond motifs is 2. The van der Waals surface area contributed by atoms with E-state index in [0.29, 0.717) is 11.4 Å². The second-order valence-electron chi connectivity index (χ2n) is 6.23. The Morgan fingerprint density at radius 2 is 1.96 bits per heavy atom. The highest BCUT2D eigenvalue weighted by molar-refractivity contribution is 6.05. The molecular weight excluding hydrogens is 292 g/mol. The molecule has 0 fully saturated rings. The molecule has 2 aliphatic rings. The van der Waals surface area contributed by atoms with Gasteiger partial charge in [-0.15, -0.1) is 0 Å². The molecule has 0 bridgehead atoms. The van der Waals surface area contributed by atoms with Crippen LogP contribution in [0, 0.1) is 0 Å². The highest BCUT2D eigenvalue weighted by atomic mass is 16.5. The van der Waals surface area contributed by atoms with Gasteiger partial charge in [0.05, 0.1) is 12.8 Å². The van der Waals surface area contributed by atoms with Crippen LogP contribution in [0.2, 0.25) is 0 Å². The number of rotatable bonds is 3. The number of nitrogens with zero attached hydrogens (tertiary/aromatic N) is 1. The Morgan fingerprint density at radius 1 is 1.13 bits per heavy atom. The van der Waals surface area contributed by atoms with Crippen molar-refractivity contribution in [2.45, 2.75) is 44.9 Å². The van der Waals surface area contributed by atoms with Gasteiger partial charge in [0.1, 0.15) is 11.5 Å². The monoisotopic (exact) mass is 312 g/mol. The lowest BCUT2D eigenvalue weighted by atomic mass is 9.96. The third-order valence-corrected chi connectivity index (χ3v) is 4.87. The number of hydrogen-bond acceptors (Lipinski definition) is 4. The molecule has 2 aliphatic carbocycles. The van der Waals surface area contributed by atoms with E-state index in [-0.39, 0.29) is 5.91 Å². The van der Waals surface area contributed by atoms with Crippen LogP contribution in [-0.2, 0) is 25.7 Å². The van der Waals surface area contributed by atoms with Crippen LogP contribution in [0.1, 0.15) is 52.2 Å². The highest BCUT2D eigenvalue weighted by Gasteiger charge is 2.26. The number of aromatic nitrogens is 1. The summed E-state index contributed by atoms with van der Waals surface area (Å²) in [5.41, 5.74) is 4.68. The first kappa shape index (κ1) is 14.3. The van der Waals surface area contributed by atoms with Crippen molar-refractivity contribution in [1.82, 2.24) is 5.16 Å². The Bertz CT molecular complexity index is 764. The second-order valence-corrected chi connectivity index (χ2v) is 6.23. The smallest absolute Gasteiger partial charge is 0.278 e. The van der Waals surface area contributed by atoms with Crippen molar-refractivity contribution in [3.05, 3.63) is 40.3 Å². The van der Waals surface area contributed by atoms with Crippen LogP contribution in [0.5, 0.6) is 5.75 Å². The predicted octanol–water partition coefficient (Wildman–Crippen LogP) is 3.30. The van der Waals surface area contributed by atoms with Crippen LogP contribution in [-0.4, -0.2) is 18.2 Å². The minimum absolute atomic E-state index is 0.199. The molecule has 0 saturated heterocycles. The van der Waals surface area contributed by atoms with Gasteiger partial charge in [0, 0.05) is 12.0 Å². The van der Waals surface area contributed by atoms with Crippen LogP contribution in [0.3, 0.4) is 0 Å². The summed E-state index contributed by atoms with van der Waals surface area (Å²) in [7, 11) is 1.63. The summed E-state index contributed by atoms with van der Waals surface area (Å²) in [6.45, 7) is 0. The first-order valence-electron chi connectivity index (χ1n) is 8.25. The molecule has 0 unspecified atom stereocenters. The average Bonchev–Trinajstić information content (AvgIpc) is 3.21. The lowest BCUT2D eigenvalue weighted by Crippen LogP contribution is -2.17. The second kappa shape index (κ2) is 5.72. The zero-order chi connectivity index (χ0) is 15.8. The highest BCUT2D eigenvalue weighted by Crippen LogP contribution is 2.37. The van der Waals surface area contributed by atoms with E-state index in [4.69, 9.17) is 9.26 Å². The van der Waals surface area contributed by atoms with Crippen LogP contribution >= 0.6 is 0 Å². The quantitative estimate of drug-likeness (QED) is 0.944. The van der Waals surface area contributed by atoms with Gasteiger partial charge in [-0.25, -0.2) is 0 Å². The normalized spacial score (nSPS) is 15.9. The number of benzene rings is 1. The molecule has 2 aromatic rings. The van der Waals surface area contributed by atoms with E-state index in [9.17, 15) is 4.79 Å². The largest absolute Gasteiger partial charge is 0.495 e. The first-order chi connectivity index (χ1) is 11.3. The van der Waals surface area contributed by atoms with Crippen molar-refractivity contribution in [2.24, 2.45) is 0 Å². The molecule has 4 rings (SSSR count). The summed E-state index contributed by atoms with van der Waals surface area (Å²) in [6, 6.07) is 4.02. The summed E-state index contributed by atoms with van der Waals surface area (Å²) in [5, 5.41) is 7.04. The third kappa shape index (κ3) is 2.40.